The van der Waals surface area contributed by atoms with Gasteiger partial charge in [0.1, 0.15) is 5.82 Å². The quantitative estimate of drug-likeness (QED) is 0.706. The highest BCUT2D eigenvalue weighted by atomic mass is 19.4. The Labute approximate surface area is 171 Å². The Bertz CT molecular complexity index is 950. The molecule has 2 aromatic rings. The smallest absolute Gasteiger partial charge is 0.339 e. The van der Waals surface area contributed by atoms with Crippen LogP contribution in [0.4, 0.5) is 17.6 Å². The summed E-state index contributed by atoms with van der Waals surface area (Å²) in [7, 11) is 0. The second kappa shape index (κ2) is 7.74. The summed E-state index contributed by atoms with van der Waals surface area (Å²) in [5, 5.41) is 0. The number of amides is 2. The summed E-state index contributed by atoms with van der Waals surface area (Å²) in [4.78, 5) is 28.5. The Morgan fingerprint density at radius 2 is 1.47 bits per heavy atom. The molecule has 1 saturated carbocycles. The van der Waals surface area contributed by atoms with Gasteiger partial charge in [-0.25, -0.2) is 4.39 Å². The molecule has 1 aliphatic carbocycles. The van der Waals surface area contributed by atoms with Crippen LogP contribution in [0.1, 0.15) is 33.8 Å². The summed E-state index contributed by atoms with van der Waals surface area (Å²) < 4.78 is 52.8. The summed E-state index contributed by atoms with van der Waals surface area (Å²) in [6.45, 7) is 1.32. The lowest BCUT2D eigenvalue weighted by Crippen LogP contribution is -2.51. The van der Waals surface area contributed by atoms with Crippen molar-refractivity contribution in [1.82, 2.24) is 9.80 Å². The van der Waals surface area contributed by atoms with Gasteiger partial charge >= 0.3 is 6.18 Å². The Morgan fingerprint density at radius 1 is 0.867 bits per heavy atom. The van der Waals surface area contributed by atoms with Crippen LogP contribution in [0.3, 0.4) is 0 Å². The van der Waals surface area contributed by atoms with Crippen molar-refractivity contribution >= 4 is 11.8 Å². The molecule has 30 heavy (non-hydrogen) atoms. The fourth-order valence-electron chi connectivity index (χ4n) is 4.03. The first kappa shape index (κ1) is 20.4. The van der Waals surface area contributed by atoms with Crippen molar-refractivity contribution in [3.8, 4) is 0 Å². The monoisotopic (exact) mass is 420 g/mol. The second-order valence-corrected chi connectivity index (χ2v) is 7.66. The van der Waals surface area contributed by atoms with Gasteiger partial charge < -0.3 is 9.80 Å². The van der Waals surface area contributed by atoms with E-state index in [1.165, 1.54) is 36.4 Å². The third kappa shape index (κ3) is 4.04. The van der Waals surface area contributed by atoms with Gasteiger partial charge in [-0.05, 0) is 48.2 Å². The lowest BCUT2D eigenvalue weighted by atomic mass is 10.0. The van der Waals surface area contributed by atoms with E-state index in [2.05, 4.69) is 0 Å². The molecule has 0 N–H and O–H groups in total. The van der Waals surface area contributed by atoms with E-state index in [0.29, 0.717) is 38.2 Å². The third-order valence-electron chi connectivity index (χ3n) is 5.74. The Hall–Kier alpha value is -2.90. The number of benzene rings is 2. The zero-order valence-electron chi connectivity index (χ0n) is 16.0. The molecule has 2 fully saturated rings. The van der Waals surface area contributed by atoms with Crippen molar-refractivity contribution in [2.45, 2.75) is 18.5 Å². The summed E-state index contributed by atoms with van der Waals surface area (Å²) in [6.07, 6.45) is -4.04. The van der Waals surface area contributed by atoms with Crippen LogP contribution in [0.2, 0.25) is 0 Å². The fourth-order valence-corrected chi connectivity index (χ4v) is 4.03. The van der Waals surface area contributed by atoms with Gasteiger partial charge in [-0.2, -0.15) is 13.2 Å². The van der Waals surface area contributed by atoms with E-state index < -0.39 is 29.4 Å². The minimum absolute atomic E-state index is 0.161. The molecular formula is C22H20F4N2O2. The average Bonchev–Trinajstić information content (AvgIpc) is 3.54. The van der Waals surface area contributed by atoms with E-state index in [4.69, 9.17) is 0 Å². The average molecular weight is 420 g/mol. The molecule has 4 nitrogen and oxygen atoms in total. The number of rotatable bonds is 3. The maximum absolute atomic E-state index is 13.2. The number of piperazine rings is 1. The molecule has 1 aliphatic heterocycles. The summed E-state index contributed by atoms with van der Waals surface area (Å²) in [5.41, 5.74) is -0.129. The molecule has 2 aliphatic rings. The van der Waals surface area contributed by atoms with Crippen LogP contribution in [0.5, 0.6) is 0 Å². The zero-order valence-corrected chi connectivity index (χ0v) is 16.0. The Morgan fingerprint density at radius 3 is 2.10 bits per heavy atom. The van der Waals surface area contributed by atoms with Gasteiger partial charge in [0, 0.05) is 37.7 Å². The van der Waals surface area contributed by atoms with E-state index in [-0.39, 0.29) is 17.4 Å². The normalized spacial score (nSPS) is 21.5. The minimum atomic E-state index is -4.45. The van der Waals surface area contributed by atoms with Crippen LogP contribution in [0, 0.1) is 11.7 Å². The van der Waals surface area contributed by atoms with Gasteiger partial charge in [0.25, 0.3) is 5.91 Å². The molecule has 4 rings (SSSR count). The summed E-state index contributed by atoms with van der Waals surface area (Å²) in [6, 6.07) is 10.7. The number of alkyl halides is 3. The van der Waals surface area contributed by atoms with E-state index in [1.54, 1.807) is 15.9 Å². The summed E-state index contributed by atoms with van der Waals surface area (Å²) >= 11 is 0. The predicted molar refractivity (Wildman–Crippen MR) is 101 cm³/mol. The predicted octanol–water partition coefficient (Wildman–Crippen LogP) is 3.93. The number of hydrogen-bond acceptors (Lipinski definition) is 2. The molecule has 2 unspecified atom stereocenters. The van der Waals surface area contributed by atoms with Gasteiger partial charge in [0.15, 0.2) is 0 Å². The van der Waals surface area contributed by atoms with E-state index in [1.807, 2.05) is 0 Å². The van der Waals surface area contributed by atoms with Crippen molar-refractivity contribution in [1.29, 1.82) is 0 Å². The molecule has 0 aromatic heterocycles. The van der Waals surface area contributed by atoms with Crippen LogP contribution in [-0.4, -0.2) is 47.8 Å². The number of carbonyl (C=O) groups is 2. The van der Waals surface area contributed by atoms with Crippen molar-refractivity contribution in [2.24, 2.45) is 5.92 Å². The SMILES string of the molecule is O=C(c1ccc(F)cc1)N1CCN(C(=O)C2CC2c2ccccc2C(F)(F)F)CC1. The maximum atomic E-state index is 13.2. The van der Waals surface area contributed by atoms with Gasteiger partial charge in [0.05, 0.1) is 5.56 Å². The summed E-state index contributed by atoms with van der Waals surface area (Å²) in [5.74, 6) is -1.69. The van der Waals surface area contributed by atoms with Gasteiger partial charge in [-0.3, -0.25) is 9.59 Å². The first-order valence-corrected chi connectivity index (χ1v) is 9.75. The molecule has 2 aromatic carbocycles. The van der Waals surface area contributed by atoms with E-state index in [9.17, 15) is 27.2 Å². The third-order valence-corrected chi connectivity index (χ3v) is 5.74. The largest absolute Gasteiger partial charge is 0.416 e. The van der Waals surface area contributed by atoms with Gasteiger partial charge in [-0.1, -0.05) is 18.2 Å². The standard InChI is InChI=1S/C22H20F4N2O2/c23-15-7-5-14(6-8-15)20(29)27-9-11-28(12-10-27)21(30)18-13-17(18)16-3-1-2-4-19(16)22(24,25)26/h1-8,17-18H,9-13H2. The Balaban J connectivity index is 1.36. The lowest BCUT2D eigenvalue weighted by Gasteiger charge is -2.35. The number of halogens is 4. The number of carbonyl (C=O) groups excluding carboxylic acids is 2. The molecular weight excluding hydrogens is 400 g/mol. The molecule has 158 valence electrons. The molecule has 1 saturated heterocycles. The minimum Gasteiger partial charge on any atom is -0.339 e. The van der Waals surface area contributed by atoms with Crippen LogP contribution in [0.25, 0.3) is 0 Å². The first-order chi connectivity index (χ1) is 14.3. The van der Waals surface area contributed by atoms with Gasteiger partial charge in [0.2, 0.25) is 5.91 Å². The molecule has 2 atom stereocenters. The van der Waals surface area contributed by atoms with Gasteiger partial charge in [-0.15, -0.1) is 0 Å². The molecule has 0 spiro atoms. The highest BCUT2D eigenvalue weighted by Gasteiger charge is 2.49. The highest BCUT2D eigenvalue weighted by molar-refractivity contribution is 5.94. The Kier molecular flexibility index (Phi) is 5.26. The second-order valence-electron chi connectivity index (χ2n) is 7.66. The van der Waals surface area contributed by atoms with Crippen molar-refractivity contribution in [2.75, 3.05) is 26.2 Å². The zero-order chi connectivity index (χ0) is 21.5. The highest BCUT2D eigenvalue weighted by Crippen LogP contribution is 2.51. The van der Waals surface area contributed by atoms with E-state index in [0.717, 1.165) is 6.07 Å². The molecule has 2 amide bonds. The van der Waals surface area contributed by atoms with Crippen molar-refractivity contribution < 1.29 is 27.2 Å². The number of hydrogen-bond donors (Lipinski definition) is 0. The van der Waals surface area contributed by atoms with Crippen molar-refractivity contribution in [3.63, 3.8) is 0 Å². The molecule has 0 bridgehead atoms. The van der Waals surface area contributed by atoms with Crippen LogP contribution < -0.4 is 0 Å². The maximum Gasteiger partial charge on any atom is 0.416 e. The van der Waals surface area contributed by atoms with Crippen LogP contribution in [0.15, 0.2) is 48.5 Å². The lowest BCUT2D eigenvalue weighted by molar-refractivity contribution is -0.139. The molecule has 8 heteroatoms. The van der Waals surface area contributed by atoms with Crippen molar-refractivity contribution in [3.05, 3.63) is 71.0 Å². The number of nitrogens with zero attached hydrogens (tertiary/aromatic N) is 2. The topological polar surface area (TPSA) is 40.6 Å². The molecule has 1 heterocycles. The van der Waals surface area contributed by atoms with Crippen LogP contribution >= 0.6 is 0 Å². The van der Waals surface area contributed by atoms with Crippen LogP contribution in [-0.2, 0) is 11.0 Å². The molecule has 0 radical (unpaired) electrons. The first-order valence-electron chi connectivity index (χ1n) is 9.75. The van der Waals surface area contributed by atoms with E-state index >= 15 is 0 Å². The fraction of sp³-hybridized carbons (Fsp3) is 0.364.